The first-order valence-electron chi connectivity index (χ1n) is 9.46. The number of methoxy groups -OCH3 is 2. The summed E-state index contributed by atoms with van der Waals surface area (Å²) in [5, 5.41) is 0. The molecule has 4 heteroatoms. The van der Waals surface area contributed by atoms with E-state index in [1.54, 1.807) is 14.2 Å². The van der Waals surface area contributed by atoms with Crippen LogP contribution < -0.4 is 19.8 Å². The standard InChI is InChI=1S/C24H26BNO2/c1-25(2)20-7-5-19(6-8-20)17-18-26(21-9-13-23(27-3)14-10-21)22-11-15-24(28-4)16-12-22/h5-18H,1-4H3. The SMILES string of the molecule is COc1ccc(N(C=Cc2ccc(B(C)C)cc2)c2ccc(OC)cc2)cc1. The number of benzene rings is 3. The molecule has 0 fully saturated rings. The molecule has 0 aromatic heterocycles. The van der Waals surface area contributed by atoms with Crippen LogP contribution in [0.15, 0.2) is 79.0 Å². The van der Waals surface area contributed by atoms with Crippen LogP contribution in [0.25, 0.3) is 6.08 Å². The number of rotatable bonds is 7. The van der Waals surface area contributed by atoms with Crippen LogP contribution in [0.2, 0.25) is 13.6 Å². The molecular formula is C24H26BNO2. The third-order valence-corrected chi connectivity index (χ3v) is 4.72. The molecule has 0 N–H and O–H groups in total. The van der Waals surface area contributed by atoms with Gasteiger partial charge >= 0.3 is 0 Å². The zero-order chi connectivity index (χ0) is 19.9. The van der Waals surface area contributed by atoms with Crippen LogP contribution >= 0.6 is 0 Å². The first kappa shape index (κ1) is 19.6. The van der Waals surface area contributed by atoms with Crippen molar-refractivity contribution in [3.05, 3.63) is 84.6 Å². The Hall–Kier alpha value is -3.14. The van der Waals surface area contributed by atoms with E-state index in [2.05, 4.69) is 79.4 Å². The molecule has 0 unspecified atom stereocenters. The maximum Gasteiger partial charge on any atom is 0.169 e. The van der Waals surface area contributed by atoms with Gasteiger partial charge in [-0.2, -0.15) is 0 Å². The molecule has 3 nitrogen and oxygen atoms in total. The summed E-state index contributed by atoms with van der Waals surface area (Å²) in [4.78, 5) is 2.15. The molecule has 0 aliphatic rings. The molecule has 0 atom stereocenters. The Labute approximate surface area is 168 Å². The summed E-state index contributed by atoms with van der Waals surface area (Å²) in [6, 6.07) is 24.8. The quantitative estimate of drug-likeness (QED) is 0.514. The summed E-state index contributed by atoms with van der Waals surface area (Å²) >= 11 is 0. The Kier molecular flexibility index (Phi) is 6.43. The van der Waals surface area contributed by atoms with Crippen LogP contribution in [0.3, 0.4) is 0 Å². The van der Waals surface area contributed by atoms with Gasteiger partial charge in [0.25, 0.3) is 0 Å². The van der Waals surface area contributed by atoms with Crippen LogP contribution in [-0.4, -0.2) is 20.9 Å². The van der Waals surface area contributed by atoms with E-state index in [9.17, 15) is 0 Å². The maximum atomic E-state index is 5.29. The zero-order valence-corrected chi connectivity index (χ0v) is 16.9. The monoisotopic (exact) mass is 371 g/mol. The van der Waals surface area contributed by atoms with E-state index in [-0.39, 0.29) is 0 Å². The highest BCUT2D eigenvalue weighted by molar-refractivity contribution is 6.70. The number of anilines is 2. The fourth-order valence-corrected chi connectivity index (χ4v) is 2.96. The van der Waals surface area contributed by atoms with Gasteiger partial charge in [0, 0.05) is 17.6 Å². The van der Waals surface area contributed by atoms with Crippen molar-refractivity contribution in [1.29, 1.82) is 0 Å². The minimum absolute atomic E-state index is 0.535. The molecule has 0 aliphatic heterocycles. The van der Waals surface area contributed by atoms with Crippen LogP contribution in [0.4, 0.5) is 11.4 Å². The average molecular weight is 371 g/mol. The Morgan fingerprint density at radius 1 is 0.679 bits per heavy atom. The third-order valence-electron chi connectivity index (χ3n) is 4.72. The predicted molar refractivity (Wildman–Crippen MR) is 121 cm³/mol. The van der Waals surface area contributed by atoms with Crippen molar-refractivity contribution in [2.75, 3.05) is 19.1 Å². The lowest BCUT2D eigenvalue weighted by Gasteiger charge is -2.21. The molecule has 0 saturated heterocycles. The minimum Gasteiger partial charge on any atom is -0.497 e. The van der Waals surface area contributed by atoms with Gasteiger partial charge in [0.05, 0.1) is 14.2 Å². The topological polar surface area (TPSA) is 21.7 Å². The molecule has 0 bridgehead atoms. The molecule has 0 amide bonds. The molecule has 3 rings (SSSR count). The van der Waals surface area contributed by atoms with Gasteiger partial charge < -0.3 is 14.4 Å². The van der Waals surface area contributed by atoms with Gasteiger partial charge in [-0.05, 0) is 60.2 Å². The fourth-order valence-electron chi connectivity index (χ4n) is 2.96. The zero-order valence-electron chi connectivity index (χ0n) is 16.9. The molecule has 3 aromatic rings. The van der Waals surface area contributed by atoms with Crippen molar-refractivity contribution in [1.82, 2.24) is 0 Å². The maximum absolute atomic E-state index is 5.29. The van der Waals surface area contributed by atoms with E-state index in [0.29, 0.717) is 6.71 Å². The average Bonchev–Trinajstić information content (AvgIpc) is 2.75. The predicted octanol–water partition coefficient (Wildman–Crippen LogP) is 5.47. The Balaban J connectivity index is 1.92. The highest BCUT2D eigenvalue weighted by atomic mass is 16.5. The Bertz CT molecular complexity index is 853. The normalized spacial score (nSPS) is 10.7. The lowest BCUT2D eigenvalue weighted by atomic mass is 9.49. The molecule has 28 heavy (non-hydrogen) atoms. The van der Waals surface area contributed by atoms with Gasteiger partial charge in [0.15, 0.2) is 6.71 Å². The Morgan fingerprint density at radius 3 is 1.54 bits per heavy atom. The van der Waals surface area contributed by atoms with E-state index in [0.717, 1.165) is 28.4 Å². The van der Waals surface area contributed by atoms with Crippen molar-refractivity contribution < 1.29 is 9.47 Å². The van der Waals surface area contributed by atoms with Crippen LogP contribution in [0, 0.1) is 0 Å². The van der Waals surface area contributed by atoms with E-state index >= 15 is 0 Å². The van der Waals surface area contributed by atoms with Crippen LogP contribution in [-0.2, 0) is 0 Å². The summed E-state index contributed by atoms with van der Waals surface area (Å²) in [6.45, 7) is 4.95. The van der Waals surface area contributed by atoms with E-state index < -0.39 is 0 Å². The van der Waals surface area contributed by atoms with Crippen molar-refractivity contribution in [3.8, 4) is 11.5 Å². The van der Waals surface area contributed by atoms with Crippen LogP contribution in [0.1, 0.15) is 5.56 Å². The molecule has 142 valence electrons. The van der Waals surface area contributed by atoms with Gasteiger partial charge in [0.2, 0.25) is 0 Å². The van der Waals surface area contributed by atoms with E-state index in [4.69, 9.17) is 9.47 Å². The molecular weight excluding hydrogens is 345 g/mol. The van der Waals surface area contributed by atoms with Gasteiger partial charge in [-0.3, -0.25) is 0 Å². The van der Waals surface area contributed by atoms with E-state index in [1.807, 2.05) is 24.3 Å². The first-order chi connectivity index (χ1) is 13.6. The molecule has 0 aliphatic carbocycles. The van der Waals surface area contributed by atoms with Crippen molar-refractivity contribution in [3.63, 3.8) is 0 Å². The second-order valence-corrected chi connectivity index (χ2v) is 6.90. The first-order valence-corrected chi connectivity index (χ1v) is 9.46. The molecule has 0 heterocycles. The Morgan fingerprint density at radius 2 is 1.14 bits per heavy atom. The van der Waals surface area contributed by atoms with Gasteiger partial charge in [-0.25, -0.2) is 0 Å². The second-order valence-electron chi connectivity index (χ2n) is 6.90. The summed E-state index contributed by atoms with van der Waals surface area (Å²) in [5.41, 5.74) is 4.62. The second kappa shape index (κ2) is 9.18. The van der Waals surface area contributed by atoms with E-state index in [1.165, 1.54) is 5.46 Å². The summed E-state index contributed by atoms with van der Waals surface area (Å²) < 4.78 is 10.6. The van der Waals surface area contributed by atoms with Gasteiger partial charge in [-0.1, -0.05) is 43.4 Å². The summed E-state index contributed by atoms with van der Waals surface area (Å²) in [7, 11) is 3.36. The van der Waals surface area contributed by atoms with Crippen molar-refractivity contribution >= 4 is 29.6 Å². The number of ether oxygens (including phenoxy) is 2. The molecule has 0 spiro atoms. The smallest absolute Gasteiger partial charge is 0.169 e. The number of hydrogen-bond acceptors (Lipinski definition) is 3. The van der Waals surface area contributed by atoms with Crippen molar-refractivity contribution in [2.24, 2.45) is 0 Å². The number of hydrogen-bond donors (Lipinski definition) is 0. The number of nitrogens with zero attached hydrogens (tertiary/aromatic N) is 1. The summed E-state index contributed by atoms with van der Waals surface area (Å²) in [5.74, 6) is 1.68. The van der Waals surface area contributed by atoms with Gasteiger partial charge in [-0.15, -0.1) is 0 Å². The lowest BCUT2D eigenvalue weighted by Crippen LogP contribution is -2.21. The van der Waals surface area contributed by atoms with Crippen molar-refractivity contribution in [2.45, 2.75) is 13.6 Å². The molecule has 3 aromatic carbocycles. The molecule has 0 saturated carbocycles. The minimum atomic E-state index is 0.535. The fraction of sp³-hybridized carbons (Fsp3) is 0.167. The third kappa shape index (κ3) is 4.77. The van der Waals surface area contributed by atoms with Crippen LogP contribution in [0.5, 0.6) is 11.5 Å². The molecule has 0 radical (unpaired) electrons. The van der Waals surface area contributed by atoms with Gasteiger partial charge in [0.1, 0.15) is 11.5 Å². The largest absolute Gasteiger partial charge is 0.497 e. The lowest BCUT2D eigenvalue weighted by molar-refractivity contribution is 0.415. The summed E-state index contributed by atoms with van der Waals surface area (Å²) in [6.07, 6.45) is 4.21. The highest BCUT2D eigenvalue weighted by Gasteiger charge is 2.08. The highest BCUT2D eigenvalue weighted by Crippen LogP contribution is 2.29.